The van der Waals surface area contributed by atoms with Gasteiger partial charge in [-0.3, -0.25) is 9.59 Å². The van der Waals surface area contributed by atoms with Crippen LogP contribution >= 0.6 is 0 Å². The second-order valence-electron chi connectivity index (χ2n) is 7.28. The number of ether oxygens (including phenoxy) is 1. The van der Waals surface area contributed by atoms with Crippen molar-refractivity contribution in [2.24, 2.45) is 0 Å². The summed E-state index contributed by atoms with van der Waals surface area (Å²) in [5, 5.41) is 0. The van der Waals surface area contributed by atoms with E-state index in [0.29, 0.717) is 41.4 Å². The van der Waals surface area contributed by atoms with Crippen LogP contribution in [0.25, 0.3) is 5.57 Å². The molecule has 0 aromatic heterocycles. The van der Waals surface area contributed by atoms with Crippen molar-refractivity contribution in [3.63, 3.8) is 0 Å². The van der Waals surface area contributed by atoms with E-state index in [4.69, 9.17) is 4.74 Å². The molecule has 0 saturated carbocycles. The van der Waals surface area contributed by atoms with Crippen molar-refractivity contribution in [2.75, 3.05) is 18.6 Å². The fourth-order valence-corrected chi connectivity index (χ4v) is 3.81. The molecular weight excluding hydrogens is 388 g/mol. The van der Waals surface area contributed by atoms with Gasteiger partial charge in [-0.25, -0.2) is 4.90 Å². The highest BCUT2D eigenvalue weighted by molar-refractivity contribution is 6.45. The van der Waals surface area contributed by atoms with E-state index in [1.807, 2.05) is 85.6 Å². The van der Waals surface area contributed by atoms with E-state index in [9.17, 15) is 9.59 Å². The number of rotatable bonds is 7. The molecule has 31 heavy (non-hydrogen) atoms. The van der Waals surface area contributed by atoms with E-state index < -0.39 is 0 Å². The smallest absolute Gasteiger partial charge is 0.282 e. The molecule has 0 unspecified atom stereocenters. The zero-order valence-electron chi connectivity index (χ0n) is 17.6. The molecule has 3 aromatic carbocycles. The lowest BCUT2D eigenvalue weighted by Gasteiger charge is -2.22. The lowest BCUT2D eigenvalue weighted by Crippen LogP contribution is -2.34. The lowest BCUT2D eigenvalue weighted by molar-refractivity contribution is -0.120. The van der Waals surface area contributed by atoms with Gasteiger partial charge in [-0.1, -0.05) is 72.8 Å². The van der Waals surface area contributed by atoms with Gasteiger partial charge in [0.05, 0.1) is 17.9 Å². The molecule has 5 heteroatoms. The zero-order chi connectivity index (χ0) is 21.8. The van der Waals surface area contributed by atoms with Crippen LogP contribution in [-0.2, 0) is 16.1 Å². The summed E-state index contributed by atoms with van der Waals surface area (Å²) in [6.45, 7) is 2.82. The molecule has 5 nitrogen and oxygen atoms in total. The van der Waals surface area contributed by atoms with Crippen LogP contribution in [0.1, 0.15) is 18.1 Å². The minimum Gasteiger partial charge on any atom is -0.492 e. The van der Waals surface area contributed by atoms with Crippen LogP contribution in [0.2, 0.25) is 0 Å². The van der Waals surface area contributed by atoms with Crippen molar-refractivity contribution in [3.05, 3.63) is 102 Å². The maximum absolute atomic E-state index is 13.6. The van der Waals surface area contributed by atoms with Gasteiger partial charge in [-0.05, 0) is 30.2 Å². The number of carbonyl (C=O) groups excluding carboxylic acids is 2. The quantitative estimate of drug-likeness (QED) is 0.536. The molecule has 0 bridgehead atoms. The van der Waals surface area contributed by atoms with E-state index in [1.54, 1.807) is 18.2 Å². The summed E-state index contributed by atoms with van der Waals surface area (Å²) in [7, 11) is 1.84. The third kappa shape index (κ3) is 3.94. The maximum Gasteiger partial charge on any atom is 0.282 e. The van der Waals surface area contributed by atoms with Crippen molar-refractivity contribution in [3.8, 4) is 5.75 Å². The van der Waals surface area contributed by atoms with E-state index in [0.717, 1.165) is 5.56 Å². The summed E-state index contributed by atoms with van der Waals surface area (Å²) in [4.78, 5) is 30.3. The molecule has 1 aliphatic heterocycles. The number of carbonyl (C=O) groups is 2. The van der Waals surface area contributed by atoms with Gasteiger partial charge in [0.1, 0.15) is 11.4 Å². The number of hydrogen-bond donors (Lipinski definition) is 0. The van der Waals surface area contributed by atoms with E-state index >= 15 is 0 Å². The molecule has 3 aromatic rings. The van der Waals surface area contributed by atoms with Crippen LogP contribution in [-0.4, -0.2) is 30.4 Å². The Morgan fingerprint density at radius 3 is 2.10 bits per heavy atom. The highest BCUT2D eigenvalue weighted by Crippen LogP contribution is 2.38. The normalized spacial score (nSPS) is 13.7. The topological polar surface area (TPSA) is 49.9 Å². The summed E-state index contributed by atoms with van der Waals surface area (Å²) in [6, 6.07) is 26.3. The number of benzene rings is 3. The third-order valence-electron chi connectivity index (χ3n) is 5.17. The summed E-state index contributed by atoms with van der Waals surface area (Å²) >= 11 is 0. The average Bonchev–Trinajstić information content (AvgIpc) is 3.06. The number of anilines is 1. The standard InChI is InChI=1S/C26H24N2O3/c1-3-31-22-17-11-10-16-21(22)28-25(29)23(20-14-8-5-9-15-20)24(26(28)30)27(2)18-19-12-6-4-7-13-19/h4-17H,3,18H2,1-2H3. The molecule has 0 saturated heterocycles. The van der Waals surface area contributed by atoms with Gasteiger partial charge in [-0.2, -0.15) is 0 Å². The van der Waals surface area contributed by atoms with Crippen molar-refractivity contribution >= 4 is 23.1 Å². The van der Waals surface area contributed by atoms with Gasteiger partial charge in [0.2, 0.25) is 0 Å². The predicted molar refractivity (Wildman–Crippen MR) is 121 cm³/mol. The van der Waals surface area contributed by atoms with Crippen molar-refractivity contribution < 1.29 is 14.3 Å². The Kier molecular flexibility index (Phi) is 5.85. The fraction of sp³-hybridized carbons (Fsp3) is 0.154. The maximum atomic E-state index is 13.6. The van der Waals surface area contributed by atoms with Crippen LogP contribution < -0.4 is 9.64 Å². The first-order valence-electron chi connectivity index (χ1n) is 10.3. The first kappa shape index (κ1) is 20.4. The second kappa shape index (κ2) is 8.88. The summed E-state index contributed by atoms with van der Waals surface area (Å²) in [5.74, 6) is -0.196. The molecule has 0 radical (unpaired) electrons. The van der Waals surface area contributed by atoms with E-state index in [1.165, 1.54) is 4.90 Å². The number of likely N-dealkylation sites (N-methyl/N-ethyl adjacent to an activating group) is 1. The highest BCUT2D eigenvalue weighted by atomic mass is 16.5. The summed E-state index contributed by atoms with van der Waals surface area (Å²) < 4.78 is 5.70. The Balaban J connectivity index is 1.80. The number of hydrogen-bond acceptors (Lipinski definition) is 4. The van der Waals surface area contributed by atoms with Gasteiger partial charge in [-0.15, -0.1) is 0 Å². The first-order chi connectivity index (χ1) is 15.1. The molecule has 4 rings (SSSR count). The minimum absolute atomic E-state index is 0.349. The summed E-state index contributed by atoms with van der Waals surface area (Å²) in [5.41, 5.74) is 3.00. The van der Waals surface area contributed by atoms with Gasteiger partial charge in [0, 0.05) is 13.6 Å². The SMILES string of the molecule is CCOc1ccccc1N1C(=O)C(c2ccccc2)=C(N(C)Cc2ccccc2)C1=O. The minimum atomic E-state index is -0.352. The van der Waals surface area contributed by atoms with Gasteiger partial charge in [0.15, 0.2) is 0 Å². The molecule has 0 atom stereocenters. The molecule has 2 amide bonds. The molecule has 156 valence electrons. The number of nitrogens with zero attached hydrogens (tertiary/aromatic N) is 2. The summed E-state index contributed by atoms with van der Waals surface area (Å²) in [6.07, 6.45) is 0. The number of amides is 2. The Morgan fingerprint density at radius 2 is 1.42 bits per heavy atom. The van der Waals surface area contributed by atoms with Crippen molar-refractivity contribution in [2.45, 2.75) is 13.5 Å². The highest BCUT2D eigenvalue weighted by Gasteiger charge is 2.42. The molecular formula is C26H24N2O3. The molecule has 0 spiro atoms. The van der Waals surface area contributed by atoms with E-state index in [-0.39, 0.29) is 11.8 Å². The van der Waals surface area contributed by atoms with Crippen molar-refractivity contribution in [1.82, 2.24) is 4.90 Å². The van der Waals surface area contributed by atoms with Crippen LogP contribution in [0.5, 0.6) is 5.75 Å². The molecule has 1 aliphatic rings. The van der Waals surface area contributed by atoms with Gasteiger partial charge < -0.3 is 9.64 Å². The Labute approximate surface area is 182 Å². The van der Waals surface area contributed by atoms with Crippen LogP contribution in [0.4, 0.5) is 5.69 Å². The Bertz CT molecular complexity index is 1120. The lowest BCUT2D eigenvalue weighted by atomic mass is 10.0. The average molecular weight is 412 g/mol. The number of para-hydroxylation sites is 2. The Hall–Kier alpha value is -3.86. The zero-order valence-corrected chi connectivity index (χ0v) is 17.6. The molecule has 1 heterocycles. The van der Waals surface area contributed by atoms with Crippen LogP contribution in [0.15, 0.2) is 90.6 Å². The molecule has 0 aliphatic carbocycles. The third-order valence-corrected chi connectivity index (χ3v) is 5.17. The van der Waals surface area contributed by atoms with Crippen LogP contribution in [0.3, 0.4) is 0 Å². The Morgan fingerprint density at radius 1 is 0.806 bits per heavy atom. The molecule has 0 N–H and O–H groups in total. The second-order valence-corrected chi connectivity index (χ2v) is 7.28. The van der Waals surface area contributed by atoms with Gasteiger partial charge >= 0.3 is 0 Å². The van der Waals surface area contributed by atoms with E-state index in [2.05, 4.69) is 0 Å². The largest absolute Gasteiger partial charge is 0.492 e. The van der Waals surface area contributed by atoms with Crippen LogP contribution in [0, 0.1) is 0 Å². The molecule has 0 fully saturated rings. The monoisotopic (exact) mass is 412 g/mol. The van der Waals surface area contributed by atoms with Gasteiger partial charge in [0.25, 0.3) is 11.8 Å². The van der Waals surface area contributed by atoms with Crippen molar-refractivity contribution in [1.29, 1.82) is 0 Å². The first-order valence-corrected chi connectivity index (χ1v) is 10.3. The number of imide groups is 1. The fourth-order valence-electron chi connectivity index (χ4n) is 3.81. The predicted octanol–water partition coefficient (Wildman–Crippen LogP) is 4.50.